The van der Waals surface area contributed by atoms with Gasteiger partial charge in [0, 0.05) is 25.6 Å². The highest BCUT2D eigenvalue weighted by Gasteiger charge is 2.20. The second kappa shape index (κ2) is 13.5. The summed E-state index contributed by atoms with van der Waals surface area (Å²) in [7, 11) is 0. The van der Waals surface area contributed by atoms with Crippen molar-refractivity contribution in [3.05, 3.63) is 218 Å². The molecule has 61 heavy (non-hydrogen) atoms. The lowest BCUT2D eigenvalue weighted by Crippen LogP contribution is -1.93. The molecular weight excluding hydrogens is 753 g/mol. The Bertz CT molecular complexity index is 3880. The summed E-state index contributed by atoms with van der Waals surface area (Å²) in [6.45, 7) is 0. The number of benzene rings is 12. The molecule has 0 saturated carbocycles. The van der Waals surface area contributed by atoms with E-state index in [1.165, 1.54) is 129 Å². The lowest BCUT2D eigenvalue weighted by Gasteiger charge is -2.20. The van der Waals surface area contributed by atoms with Crippen molar-refractivity contribution in [1.82, 2.24) is 0 Å². The predicted molar refractivity (Wildman–Crippen MR) is 266 cm³/mol. The molecule has 282 valence electrons. The molecule has 0 aliphatic carbocycles. The Morgan fingerprint density at radius 2 is 0.770 bits per heavy atom. The highest BCUT2D eigenvalue weighted by Crippen LogP contribution is 2.48. The van der Waals surface area contributed by atoms with Crippen LogP contribution in [0.3, 0.4) is 0 Å². The maximum atomic E-state index is 2.42. The van der Waals surface area contributed by atoms with Gasteiger partial charge in [-0.15, -0.1) is 11.3 Å². The van der Waals surface area contributed by atoms with E-state index in [-0.39, 0.29) is 0 Å². The first kappa shape index (κ1) is 34.3. The summed E-state index contributed by atoms with van der Waals surface area (Å²) in [6.07, 6.45) is 0. The first-order valence-corrected chi connectivity index (χ1v) is 21.9. The van der Waals surface area contributed by atoms with Gasteiger partial charge in [-0.25, -0.2) is 0 Å². The highest BCUT2D eigenvalue weighted by atomic mass is 32.1. The molecule has 0 atom stereocenters. The van der Waals surface area contributed by atoms with Gasteiger partial charge in [0.15, 0.2) is 0 Å². The molecule has 0 amide bonds. The molecule has 12 aromatic carbocycles. The van der Waals surface area contributed by atoms with Crippen molar-refractivity contribution < 1.29 is 0 Å². The average molecular weight is 789 g/mol. The van der Waals surface area contributed by atoms with Gasteiger partial charge in [0.05, 0.1) is 0 Å². The van der Waals surface area contributed by atoms with Gasteiger partial charge in [-0.1, -0.05) is 194 Å². The van der Waals surface area contributed by atoms with Crippen LogP contribution in [0.25, 0.3) is 129 Å². The van der Waals surface area contributed by atoms with Gasteiger partial charge in [0.1, 0.15) is 0 Å². The summed E-state index contributed by atoms with van der Waals surface area (Å²) >= 11 is 1.91. The molecule has 0 aliphatic heterocycles. The lowest BCUT2D eigenvalue weighted by molar-refractivity contribution is 1.63. The molecule has 0 spiro atoms. The zero-order valence-corrected chi connectivity index (χ0v) is 34.0. The Kier molecular flexibility index (Phi) is 7.58. The van der Waals surface area contributed by atoms with E-state index < -0.39 is 0 Å². The normalized spacial score (nSPS) is 11.9. The molecule has 13 rings (SSSR count). The standard InChI is InChI=1S/C60H36S/c1-2-14-40-34-43(27-24-37(40)12-1)45-31-32-53(48-19-6-5-18-47(45)48)58-51-22-9-7-20-49(51)57(50-21-8-10-23-52(50)58)44-16-11-15-41(35-44)42-26-25-39-28-30-54-59-46-17-4-3-13-38(46)29-33-56(59)61-60(54)55(39)36-42/h1-36H. The minimum Gasteiger partial charge on any atom is -0.135 e. The smallest absolute Gasteiger partial charge is 0.0434 e. The third-order valence-electron chi connectivity index (χ3n) is 13.0. The summed E-state index contributed by atoms with van der Waals surface area (Å²) in [6, 6.07) is 81.3. The fourth-order valence-electron chi connectivity index (χ4n) is 10.2. The van der Waals surface area contributed by atoms with Crippen LogP contribution in [0, 0.1) is 0 Å². The van der Waals surface area contributed by atoms with Gasteiger partial charge < -0.3 is 0 Å². The van der Waals surface area contributed by atoms with Crippen molar-refractivity contribution in [2.75, 3.05) is 0 Å². The third-order valence-corrected chi connectivity index (χ3v) is 14.2. The van der Waals surface area contributed by atoms with Gasteiger partial charge in [-0.3, -0.25) is 0 Å². The largest absolute Gasteiger partial charge is 0.135 e. The predicted octanol–water partition coefficient (Wildman–Crippen LogP) is 17.6. The maximum Gasteiger partial charge on any atom is 0.0434 e. The van der Waals surface area contributed by atoms with Gasteiger partial charge >= 0.3 is 0 Å². The molecule has 0 saturated heterocycles. The minimum absolute atomic E-state index is 1.22. The maximum absolute atomic E-state index is 2.42. The topological polar surface area (TPSA) is 0 Å². The molecule has 0 N–H and O–H groups in total. The zero-order chi connectivity index (χ0) is 40.0. The Morgan fingerprint density at radius 1 is 0.246 bits per heavy atom. The van der Waals surface area contributed by atoms with Crippen molar-refractivity contribution in [2.24, 2.45) is 0 Å². The molecular formula is C60H36S. The van der Waals surface area contributed by atoms with Gasteiger partial charge in [-0.05, 0) is 128 Å². The Balaban J connectivity index is 0.990. The molecule has 0 fully saturated rings. The van der Waals surface area contributed by atoms with Crippen LogP contribution in [0.15, 0.2) is 218 Å². The van der Waals surface area contributed by atoms with Crippen LogP contribution in [-0.4, -0.2) is 0 Å². The molecule has 1 heterocycles. The van der Waals surface area contributed by atoms with Crippen molar-refractivity contribution in [3.8, 4) is 44.5 Å². The van der Waals surface area contributed by atoms with Crippen LogP contribution >= 0.6 is 11.3 Å². The van der Waals surface area contributed by atoms with Crippen molar-refractivity contribution in [1.29, 1.82) is 0 Å². The number of fused-ring (bicyclic) bond motifs is 11. The van der Waals surface area contributed by atoms with Crippen LogP contribution in [0.5, 0.6) is 0 Å². The van der Waals surface area contributed by atoms with E-state index in [1.807, 2.05) is 11.3 Å². The Hall–Kier alpha value is -7.58. The molecule has 1 aromatic heterocycles. The van der Waals surface area contributed by atoms with E-state index in [0.717, 1.165) is 0 Å². The number of hydrogen-bond donors (Lipinski definition) is 0. The lowest BCUT2D eigenvalue weighted by atomic mass is 9.83. The van der Waals surface area contributed by atoms with Crippen LogP contribution in [0.1, 0.15) is 0 Å². The van der Waals surface area contributed by atoms with Crippen molar-refractivity contribution in [3.63, 3.8) is 0 Å². The molecule has 0 bridgehead atoms. The molecule has 0 radical (unpaired) electrons. The number of hydrogen-bond acceptors (Lipinski definition) is 1. The van der Waals surface area contributed by atoms with E-state index in [0.29, 0.717) is 0 Å². The quantitative estimate of drug-likeness (QED) is 0.156. The molecule has 0 unspecified atom stereocenters. The first-order valence-electron chi connectivity index (χ1n) is 21.1. The summed E-state index contributed by atoms with van der Waals surface area (Å²) in [4.78, 5) is 0. The monoisotopic (exact) mass is 788 g/mol. The molecule has 0 nitrogen and oxygen atoms in total. The highest BCUT2D eigenvalue weighted by molar-refractivity contribution is 7.26. The van der Waals surface area contributed by atoms with E-state index in [2.05, 4.69) is 218 Å². The van der Waals surface area contributed by atoms with E-state index in [4.69, 9.17) is 0 Å². The summed E-state index contributed by atoms with van der Waals surface area (Å²) in [5.74, 6) is 0. The summed E-state index contributed by atoms with van der Waals surface area (Å²) in [5, 5.41) is 18.0. The first-order chi connectivity index (χ1) is 30.2. The van der Waals surface area contributed by atoms with E-state index in [1.54, 1.807) is 0 Å². The summed E-state index contributed by atoms with van der Waals surface area (Å²) < 4.78 is 2.69. The number of thiophene rings is 1. The molecule has 0 aliphatic rings. The number of rotatable bonds is 4. The van der Waals surface area contributed by atoms with Crippen molar-refractivity contribution >= 4 is 96.1 Å². The van der Waals surface area contributed by atoms with Crippen LogP contribution in [-0.2, 0) is 0 Å². The summed E-state index contributed by atoms with van der Waals surface area (Å²) in [5.41, 5.74) is 9.96. The fraction of sp³-hybridized carbons (Fsp3) is 0. The molecule has 13 aromatic rings. The van der Waals surface area contributed by atoms with Crippen LogP contribution in [0.2, 0.25) is 0 Å². The van der Waals surface area contributed by atoms with Crippen molar-refractivity contribution in [2.45, 2.75) is 0 Å². The van der Waals surface area contributed by atoms with E-state index >= 15 is 0 Å². The van der Waals surface area contributed by atoms with E-state index in [9.17, 15) is 0 Å². The minimum atomic E-state index is 1.22. The van der Waals surface area contributed by atoms with Crippen LogP contribution < -0.4 is 0 Å². The average Bonchev–Trinajstić information content (AvgIpc) is 3.73. The molecule has 1 heteroatoms. The Labute approximate surface area is 357 Å². The zero-order valence-electron chi connectivity index (χ0n) is 33.2. The second-order valence-electron chi connectivity index (χ2n) is 16.3. The fourth-order valence-corrected chi connectivity index (χ4v) is 11.5. The Morgan fingerprint density at radius 3 is 1.54 bits per heavy atom. The van der Waals surface area contributed by atoms with Gasteiger partial charge in [0.25, 0.3) is 0 Å². The third kappa shape index (κ3) is 5.31. The van der Waals surface area contributed by atoms with Crippen LogP contribution in [0.4, 0.5) is 0 Å². The SMILES string of the molecule is c1cc(-c2ccc3ccc4c(sc5ccc6ccccc6c54)c3c2)cc(-c2c3ccccc3c(-c3ccc(-c4ccc5ccccc5c4)c4ccccc34)c3ccccc23)c1. The van der Waals surface area contributed by atoms with Gasteiger partial charge in [-0.2, -0.15) is 0 Å². The second-order valence-corrected chi connectivity index (χ2v) is 17.4. The van der Waals surface area contributed by atoms with Gasteiger partial charge in [0.2, 0.25) is 0 Å².